The van der Waals surface area contributed by atoms with Crippen molar-refractivity contribution in [2.24, 2.45) is 11.0 Å². The molecule has 1 aromatic heterocycles. The van der Waals surface area contributed by atoms with Crippen molar-refractivity contribution in [1.82, 2.24) is 4.98 Å². The number of aryl methyl sites for hydroxylation is 1. The molecule has 0 bridgehead atoms. The van der Waals surface area contributed by atoms with Gasteiger partial charge in [0.1, 0.15) is 0 Å². The van der Waals surface area contributed by atoms with Crippen molar-refractivity contribution in [3.05, 3.63) is 46.5 Å². The van der Waals surface area contributed by atoms with Gasteiger partial charge in [-0.2, -0.15) is 23.3 Å². The number of carbonyl (C=O) groups excluding carboxylic acids is 1. The minimum Gasteiger partial charge on any atom is -0.464 e. The number of hydrogen-bond donors (Lipinski definition) is 1. The van der Waals surface area contributed by atoms with E-state index < -0.39 is 23.8 Å². The summed E-state index contributed by atoms with van der Waals surface area (Å²) in [6.45, 7) is 0. The number of rotatable bonds is 2. The normalized spacial score (nSPS) is 24.3. The number of nitrogens with zero attached hydrogens (tertiary/aromatic N) is 3. The van der Waals surface area contributed by atoms with Gasteiger partial charge in [-0.15, -0.1) is 11.3 Å². The number of benzene rings is 1. The van der Waals surface area contributed by atoms with E-state index in [-0.39, 0.29) is 23.0 Å². The van der Waals surface area contributed by atoms with Crippen LogP contribution in [0.5, 0.6) is 0 Å². The average molecular weight is 397 g/mol. The molecule has 0 radical (unpaired) electrons. The van der Waals surface area contributed by atoms with E-state index in [1.165, 1.54) is 5.38 Å². The van der Waals surface area contributed by atoms with Crippen LogP contribution in [0, 0.1) is 5.92 Å². The molecule has 10 heteroatoms. The molecule has 2 aliphatic rings. The molecular weight excluding hydrogens is 383 g/mol. The van der Waals surface area contributed by atoms with Gasteiger partial charge in [0.25, 0.3) is 5.72 Å². The first-order valence-electron chi connectivity index (χ1n) is 8.07. The minimum atomic E-state index is -4.98. The van der Waals surface area contributed by atoms with Crippen LogP contribution < -0.4 is 5.01 Å². The molecule has 0 fully saturated rings. The van der Waals surface area contributed by atoms with Gasteiger partial charge in [0.05, 0.1) is 18.7 Å². The Labute approximate surface area is 155 Å². The molecule has 2 aromatic rings. The summed E-state index contributed by atoms with van der Waals surface area (Å²) in [6, 6.07) is 7.06. The van der Waals surface area contributed by atoms with Gasteiger partial charge in [-0.3, -0.25) is 0 Å². The van der Waals surface area contributed by atoms with Crippen LogP contribution in [-0.2, 0) is 11.2 Å². The number of hydrogen-bond acceptors (Lipinski definition) is 7. The summed E-state index contributed by atoms with van der Waals surface area (Å²) in [7, 11) is 1.15. The first kappa shape index (κ1) is 17.9. The van der Waals surface area contributed by atoms with E-state index in [2.05, 4.69) is 14.8 Å². The molecule has 142 valence electrons. The maximum absolute atomic E-state index is 14.0. The van der Waals surface area contributed by atoms with Gasteiger partial charge < -0.3 is 9.84 Å². The maximum atomic E-state index is 14.0. The van der Waals surface area contributed by atoms with Crippen molar-refractivity contribution >= 4 is 28.1 Å². The van der Waals surface area contributed by atoms with Crippen molar-refractivity contribution < 1.29 is 27.8 Å². The molecule has 2 heterocycles. The summed E-state index contributed by atoms with van der Waals surface area (Å²) in [6.07, 6.45) is -4.48. The smallest absolute Gasteiger partial charge is 0.439 e. The molecule has 1 N–H and O–H groups in total. The number of esters is 1. The van der Waals surface area contributed by atoms with Crippen LogP contribution in [0.1, 0.15) is 28.0 Å². The molecule has 6 nitrogen and oxygen atoms in total. The van der Waals surface area contributed by atoms with Gasteiger partial charge in [0.2, 0.25) is 5.13 Å². The zero-order valence-corrected chi connectivity index (χ0v) is 14.8. The van der Waals surface area contributed by atoms with E-state index in [9.17, 15) is 23.1 Å². The molecular formula is C17H14F3N3O3S. The summed E-state index contributed by atoms with van der Waals surface area (Å²) in [4.78, 5) is 15.5. The molecule has 0 amide bonds. The van der Waals surface area contributed by atoms with Gasteiger partial charge >= 0.3 is 12.1 Å². The Morgan fingerprint density at radius 1 is 1.41 bits per heavy atom. The molecule has 1 aliphatic carbocycles. The third-order valence-corrected chi connectivity index (χ3v) is 5.64. The van der Waals surface area contributed by atoms with Gasteiger partial charge in [-0.1, -0.05) is 24.3 Å². The van der Waals surface area contributed by atoms with E-state index in [0.717, 1.165) is 24.0 Å². The number of aliphatic hydroxyl groups is 1. The Bertz CT molecular complexity index is 943. The number of fused-ring (bicyclic) bond motifs is 3. The van der Waals surface area contributed by atoms with Crippen LogP contribution in [0.15, 0.2) is 34.7 Å². The summed E-state index contributed by atoms with van der Waals surface area (Å²) in [5.41, 5.74) is -1.73. The van der Waals surface area contributed by atoms with Crippen LogP contribution in [-0.4, -0.2) is 40.8 Å². The Morgan fingerprint density at radius 2 is 2.15 bits per heavy atom. The second kappa shape index (κ2) is 6.03. The highest BCUT2D eigenvalue weighted by Crippen LogP contribution is 2.50. The van der Waals surface area contributed by atoms with Crippen molar-refractivity contribution in [3.63, 3.8) is 0 Å². The quantitative estimate of drug-likeness (QED) is 0.789. The van der Waals surface area contributed by atoms with Crippen LogP contribution in [0.4, 0.5) is 18.3 Å². The zero-order valence-electron chi connectivity index (χ0n) is 14.0. The fraction of sp³-hybridized carbons (Fsp3) is 0.353. The average Bonchev–Trinajstić information content (AvgIpc) is 3.24. The summed E-state index contributed by atoms with van der Waals surface area (Å²) in [5, 5.41) is 16.5. The lowest BCUT2D eigenvalue weighted by atomic mass is 9.77. The first-order chi connectivity index (χ1) is 12.8. The minimum absolute atomic E-state index is 0.0948. The fourth-order valence-corrected chi connectivity index (χ4v) is 4.32. The van der Waals surface area contributed by atoms with Crippen molar-refractivity contribution in [1.29, 1.82) is 0 Å². The van der Waals surface area contributed by atoms with Gasteiger partial charge in [-0.05, 0) is 18.4 Å². The molecule has 2 unspecified atom stereocenters. The molecule has 0 saturated carbocycles. The van der Waals surface area contributed by atoms with Crippen molar-refractivity contribution in [2.75, 3.05) is 12.1 Å². The third-order valence-electron chi connectivity index (χ3n) is 4.83. The van der Waals surface area contributed by atoms with Crippen LogP contribution in [0.25, 0.3) is 0 Å². The number of alkyl halides is 3. The monoisotopic (exact) mass is 397 g/mol. The largest absolute Gasteiger partial charge is 0.464 e. The SMILES string of the molecule is COC(=O)c1csc(N2N=C3c4ccccc4CCC3C2(O)C(F)(F)F)n1. The molecule has 27 heavy (non-hydrogen) atoms. The maximum Gasteiger partial charge on any atom is 0.439 e. The van der Waals surface area contributed by atoms with E-state index in [4.69, 9.17) is 0 Å². The van der Waals surface area contributed by atoms with Crippen LogP contribution >= 0.6 is 11.3 Å². The zero-order chi connectivity index (χ0) is 19.4. The highest BCUT2D eigenvalue weighted by Gasteiger charge is 2.68. The summed E-state index contributed by atoms with van der Waals surface area (Å²) >= 11 is 0.783. The molecule has 0 spiro atoms. The number of ether oxygens (including phenoxy) is 1. The molecule has 0 saturated heterocycles. The topological polar surface area (TPSA) is 75.0 Å². The van der Waals surface area contributed by atoms with E-state index >= 15 is 0 Å². The van der Waals surface area contributed by atoms with Gasteiger partial charge in [0.15, 0.2) is 5.69 Å². The van der Waals surface area contributed by atoms with Gasteiger partial charge in [0, 0.05) is 10.9 Å². The van der Waals surface area contributed by atoms with E-state index in [1.807, 2.05) is 12.1 Å². The van der Waals surface area contributed by atoms with E-state index in [1.54, 1.807) is 12.1 Å². The Kier molecular flexibility index (Phi) is 4.00. The van der Waals surface area contributed by atoms with Crippen LogP contribution in [0.3, 0.4) is 0 Å². The van der Waals surface area contributed by atoms with E-state index in [0.29, 0.717) is 17.0 Å². The number of methoxy groups -OCH3 is 1. The standard InChI is InChI=1S/C17H14F3N3O3S/c1-26-14(24)12-8-27-15(21-12)23-16(25,17(18,19)20)11-7-6-9-4-2-3-5-10(9)13(11)22-23/h2-5,8,11,25H,6-7H2,1H3. The Balaban J connectivity index is 1.85. The third kappa shape index (κ3) is 2.54. The lowest BCUT2D eigenvalue weighted by Crippen LogP contribution is -2.60. The predicted octanol–water partition coefficient (Wildman–Crippen LogP) is 2.97. The highest BCUT2D eigenvalue weighted by molar-refractivity contribution is 7.14. The summed E-state index contributed by atoms with van der Waals surface area (Å²) < 4.78 is 46.5. The number of aromatic nitrogens is 1. The van der Waals surface area contributed by atoms with Gasteiger partial charge in [-0.25, -0.2) is 9.78 Å². The number of halogens is 3. The molecule has 2 atom stereocenters. The second-order valence-electron chi connectivity index (χ2n) is 6.28. The van der Waals surface area contributed by atoms with Crippen molar-refractivity contribution in [2.45, 2.75) is 24.7 Å². The highest BCUT2D eigenvalue weighted by atomic mass is 32.1. The first-order valence-corrected chi connectivity index (χ1v) is 8.95. The van der Waals surface area contributed by atoms with Crippen molar-refractivity contribution in [3.8, 4) is 0 Å². The number of carbonyl (C=O) groups is 1. The molecule has 4 rings (SSSR count). The summed E-state index contributed by atoms with van der Waals surface area (Å²) in [5.74, 6) is -2.03. The second-order valence-corrected chi connectivity index (χ2v) is 7.11. The lowest BCUT2D eigenvalue weighted by Gasteiger charge is -2.38. The predicted molar refractivity (Wildman–Crippen MR) is 91.7 cm³/mol. The Morgan fingerprint density at radius 3 is 2.85 bits per heavy atom. The molecule has 1 aliphatic heterocycles. The lowest BCUT2D eigenvalue weighted by molar-refractivity contribution is -0.268. The fourth-order valence-electron chi connectivity index (χ4n) is 3.53. The Hall–Kier alpha value is -2.46. The number of hydrazone groups is 1. The van der Waals surface area contributed by atoms with Crippen LogP contribution in [0.2, 0.25) is 0 Å². The number of anilines is 1. The molecule has 1 aromatic carbocycles. The number of thiazole rings is 1.